The molecular weight excluding hydrogens is 356 g/mol. The number of benzene rings is 1. The van der Waals surface area contributed by atoms with Crippen LogP contribution in [-0.2, 0) is 16.4 Å². The molecule has 2 aromatic heterocycles. The quantitative estimate of drug-likeness (QED) is 0.638. The van der Waals surface area contributed by atoms with Crippen LogP contribution in [0.1, 0.15) is 11.4 Å². The highest BCUT2D eigenvalue weighted by molar-refractivity contribution is 7.99. The first-order valence-electron chi connectivity index (χ1n) is 7.72. The van der Waals surface area contributed by atoms with Gasteiger partial charge in [0.25, 0.3) is 0 Å². The second-order valence-electron chi connectivity index (χ2n) is 6.02. The van der Waals surface area contributed by atoms with Crippen LogP contribution < -0.4 is 0 Å². The lowest BCUT2D eigenvalue weighted by molar-refractivity contribution is 0.396. The summed E-state index contributed by atoms with van der Waals surface area (Å²) in [6.45, 7) is 2.53. The van der Waals surface area contributed by atoms with E-state index >= 15 is 0 Å². The van der Waals surface area contributed by atoms with Crippen molar-refractivity contribution in [3.8, 4) is 0 Å². The fraction of sp³-hybridized carbons (Fsp3) is 0.294. The maximum absolute atomic E-state index is 13.2. The van der Waals surface area contributed by atoms with E-state index < -0.39 is 9.84 Å². The first-order chi connectivity index (χ1) is 11.8. The molecule has 25 heavy (non-hydrogen) atoms. The zero-order valence-electron chi connectivity index (χ0n) is 14.6. The summed E-state index contributed by atoms with van der Waals surface area (Å²) in [6, 6.07) is 10.4. The lowest BCUT2D eigenvalue weighted by atomic mass is 10.3. The molecule has 0 radical (unpaired) electrons. The highest BCUT2D eigenvalue weighted by atomic mass is 32.2. The molecule has 0 saturated heterocycles. The Morgan fingerprint density at radius 1 is 1.20 bits per heavy atom. The molecule has 0 aliphatic carbocycles. The minimum atomic E-state index is -3.71. The highest BCUT2D eigenvalue weighted by Gasteiger charge is 2.29. The lowest BCUT2D eigenvalue weighted by Gasteiger charge is -2.10. The van der Waals surface area contributed by atoms with Gasteiger partial charge in [0.05, 0.1) is 10.6 Å². The Kier molecular flexibility index (Phi) is 4.86. The highest BCUT2D eigenvalue weighted by Crippen LogP contribution is 2.32. The van der Waals surface area contributed by atoms with Crippen molar-refractivity contribution in [3.63, 3.8) is 0 Å². The van der Waals surface area contributed by atoms with E-state index in [-0.39, 0.29) is 9.79 Å². The molecule has 0 bridgehead atoms. The van der Waals surface area contributed by atoms with Crippen molar-refractivity contribution in [3.05, 3.63) is 47.8 Å². The summed E-state index contributed by atoms with van der Waals surface area (Å²) < 4.78 is 28.0. The topological polar surface area (TPSA) is 67.6 Å². The van der Waals surface area contributed by atoms with Crippen molar-refractivity contribution >= 4 is 27.2 Å². The van der Waals surface area contributed by atoms with Crippen LogP contribution in [0.2, 0.25) is 0 Å². The number of aromatic nitrogens is 3. The van der Waals surface area contributed by atoms with Gasteiger partial charge in [0.1, 0.15) is 5.03 Å². The Balaban J connectivity index is 2.31. The first kappa shape index (κ1) is 17.9. The van der Waals surface area contributed by atoms with E-state index in [2.05, 4.69) is 10.1 Å². The molecular formula is C17H20N4O2S2. The van der Waals surface area contributed by atoms with E-state index in [1.54, 1.807) is 34.8 Å². The van der Waals surface area contributed by atoms with Crippen LogP contribution >= 0.6 is 11.8 Å². The summed E-state index contributed by atoms with van der Waals surface area (Å²) in [6.07, 6.45) is 1.82. The maximum atomic E-state index is 13.2. The summed E-state index contributed by atoms with van der Waals surface area (Å²) in [4.78, 5) is 7.02. The van der Waals surface area contributed by atoms with Gasteiger partial charge in [-0.25, -0.2) is 17.9 Å². The molecule has 0 aliphatic heterocycles. The van der Waals surface area contributed by atoms with Gasteiger partial charge < -0.3 is 4.90 Å². The number of hydrogen-bond donors (Lipinski definition) is 0. The van der Waals surface area contributed by atoms with Gasteiger partial charge in [0.2, 0.25) is 9.84 Å². The molecule has 0 aliphatic rings. The third-order valence-electron chi connectivity index (χ3n) is 3.74. The zero-order valence-corrected chi connectivity index (χ0v) is 16.2. The number of nitrogens with zero attached hydrogens (tertiary/aromatic N) is 4. The Bertz CT molecular complexity index is 1010. The van der Waals surface area contributed by atoms with Crippen LogP contribution in [-0.4, -0.2) is 48.3 Å². The van der Waals surface area contributed by atoms with Crippen LogP contribution in [0.15, 0.2) is 51.2 Å². The van der Waals surface area contributed by atoms with E-state index in [0.717, 1.165) is 11.4 Å². The first-order valence-corrected chi connectivity index (χ1v) is 10.4. The van der Waals surface area contributed by atoms with Gasteiger partial charge in [-0.1, -0.05) is 18.2 Å². The predicted octanol–water partition coefficient (Wildman–Crippen LogP) is 2.65. The SMILES string of the molecule is CSc1nn2c(C)cc(CN(C)C)nc2c1S(=O)(=O)c1ccccc1. The fourth-order valence-electron chi connectivity index (χ4n) is 2.68. The van der Waals surface area contributed by atoms with E-state index in [1.807, 2.05) is 38.2 Å². The van der Waals surface area contributed by atoms with Crippen LogP contribution in [0.5, 0.6) is 0 Å². The van der Waals surface area contributed by atoms with Crippen LogP contribution in [0.25, 0.3) is 5.65 Å². The molecule has 1 aromatic carbocycles. The number of sulfone groups is 1. The summed E-state index contributed by atoms with van der Waals surface area (Å²) in [5, 5.41) is 4.93. The molecule has 0 spiro atoms. The molecule has 2 heterocycles. The van der Waals surface area contributed by atoms with E-state index in [4.69, 9.17) is 0 Å². The summed E-state index contributed by atoms with van der Waals surface area (Å²) in [7, 11) is 0.195. The molecule has 8 heteroatoms. The van der Waals surface area contributed by atoms with Gasteiger partial charge in [-0.05, 0) is 45.5 Å². The zero-order chi connectivity index (χ0) is 18.2. The second-order valence-corrected chi connectivity index (χ2v) is 8.70. The monoisotopic (exact) mass is 376 g/mol. The molecule has 0 saturated carbocycles. The number of fused-ring (bicyclic) bond motifs is 1. The van der Waals surface area contributed by atoms with Crippen LogP contribution in [0, 0.1) is 6.92 Å². The van der Waals surface area contributed by atoms with E-state index in [9.17, 15) is 8.42 Å². The summed E-state index contributed by atoms with van der Waals surface area (Å²) >= 11 is 1.31. The van der Waals surface area contributed by atoms with Crippen LogP contribution in [0.3, 0.4) is 0 Å². The van der Waals surface area contributed by atoms with Crippen molar-refractivity contribution in [1.29, 1.82) is 0 Å². The Hall–Kier alpha value is -1.90. The van der Waals surface area contributed by atoms with Gasteiger partial charge in [0, 0.05) is 12.2 Å². The molecule has 132 valence electrons. The molecule has 0 N–H and O–H groups in total. The van der Waals surface area contributed by atoms with Crippen molar-refractivity contribution in [1.82, 2.24) is 19.5 Å². The van der Waals surface area contributed by atoms with Crippen molar-refractivity contribution < 1.29 is 8.42 Å². The normalized spacial score (nSPS) is 12.2. The Morgan fingerprint density at radius 2 is 1.88 bits per heavy atom. The third-order valence-corrected chi connectivity index (χ3v) is 6.35. The van der Waals surface area contributed by atoms with Crippen LogP contribution in [0.4, 0.5) is 0 Å². The Morgan fingerprint density at radius 3 is 2.48 bits per heavy atom. The molecule has 3 aromatic rings. The van der Waals surface area contributed by atoms with E-state index in [1.165, 1.54) is 11.8 Å². The molecule has 3 rings (SSSR count). The number of thioether (sulfide) groups is 1. The average molecular weight is 377 g/mol. The Labute approximate surface area is 151 Å². The van der Waals surface area contributed by atoms with Crippen molar-refractivity contribution in [2.24, 2.45) is 0 Å². The minimum Gasteiger partial charge on any atom is -0.304 e. The average Bonchev–Trinajstić information content (AvgIpc) is 2.95. The molecule has 0 amide bonds. The molecule has 0 fully saturated rings. The van der Waals surface area contributed by atoms with Gasteiger partial charge in [-0.15, -0.1) is 11.8 Å². The van der Waals surface area contributed by atoms with Gasteiger partial charge >= 0.3 is 0 Å². The number of rotatable bonds is 5. The third kappa shape index (κ3) is 3.29. The maximum Gasteiger partial charge on any atom is 0.213 e. The molecule has 6 nitrogen and oxygen atoms in total. The largest absolute Gasteiger partial charge is 0.304 e. The van der Waals surface area contributed by atoms with Crippen molar-refractivity contribution in [2.75, 3.05) is 20.4 Å². The molecule has 0 unspecified atom stereocenters. The molecule has 0 atom stereocenters. The van der Waals surface area contributed by atoms with Gasteiger partial charge in [0.15, 0.2) is 10.5 Å². The smallest absolute Gasteiger partial charge is 0.213 e. The van der Waals surface area contributed by atoms with Crippen molar-refractivity contribution in [2.45, 2.75) is 28.3 Å². The number of aryl methyl sites for hydroxylation is 1. The summed E-state index contributed by atoms with van der Waals surface area (Å²) in [5.41, 5.74) is 2.05. The minimum absolute atomic E-state index is 0.176. The predicted molar refractivity (Wildman–Crippen MR) is 98.8 cm³/mol. The van der Waals surface area contributed by atoms with E-state index in [0.29, 0.717) is 17.2 Å². The lowest BCUT2D eigenvalue weighted by Crippen LogP contribution is -2.13. The fourth-order valence-corrected chi connectivity index (χ4v) is 5.09. The second kappa shape index (κ2) is 6.78. The number of hydrogen-bond acceptors (Lipinski definition) is 6. The van der Waals surface area contributed by atoms with Gasteiger partial charge in [-0.3, -0.25) is 0 Å². The standard InChI is InChI=1S/C17H20N4O2S2/c1-12-10-13(11-20(2)3)18-16-15(17(24-4)19-21(12)16)25(22,23)14-8-6-5-7-9-14/h5-10H,11H2,1-4H3. The van der Waals surface area contributed by atoms with Gasteiger partial charge in [-0.2, -0.15) is 5.10 Å². The summed E-state index contributed by atoms with van der Waals surface area (Å²) in [5.74, 6) is 0.